The van der Waals surface area contributed by atoms with E-state index in [1.807, 2.05) is 0 Å². The summed E-state index contributed by atoms with van der Waals surface area (Å²) in [7, 11) is 0. The van der Waals surface area contributed by atoms with Crippen LogP contribution in [0.15, 0.2) is 11.1 Å². The first-order valence-electron chi connectivity index (χ1n) is 9.81. The second-order valence-electron chi connectivity index (χ2n) is 7.60. The zero-order valence-corrected chi connectivity index (χ0v) is 17.1. The third-order valence-corrected chi connectivity index (χ3v) is 5.43. The molecule has 0 amide bonds. The Balaban J connectivity index is 2.07. The van der Waals surface area contributed by atoms with Crippen molar-refractivity contribution in [1.29, 1.82) is 0 Å². The molecule has 158 valence electrons. The van der Waals surface area contributed by atoms with Crippen LogP contribution in [0.25, 0.3) is 22.6 Å². The van der Waals surface area contributed by atoms with E-state index in [-0.39, 0.29) is 35.0 Å². The van der Waals surface area contributed by atoms with Gasteiger partial charge in [-0.1, -0.05) is 6.92 Å². The van der Waals surface area contributed by atoms with Gasteiger partial charge in [-0.3, -0.25) is 9.36 Å². The Hall–Kier alpha value is -2.91. The molecule has 0 N–H and O–H groups in total. The molecule has 10 heteroatoms. The maximum absolute atomic E-state index is 13.6. The van der Waals surface area contributed by atoms with Crippen LogP contribution in [0.5, 0.6) is 0 Å². The van der Waals surface area contributed by atoms with Gasteiger partial charge in [0.25, 0.3) is 5.56 Å². The van der Waals surface area contributed by atoms with Crippen molar-refractivity contribution in [3.63, 3.8) is 0 Å². The molecule has 0 aliphatic heterocycles. The monoisotopic (exact) mass is 418 g/mol. The predicted molar refractivity (Wildman–Crippen MR) is 104 cm³/mol. The van der Waals surface area contributed by atoms with E-state index in [1.54, 1.807) is 20.8 Å². The number of rotatable bonds is 4. The fourth-order valence-electron chi connectivity index (χ4n) is 3.55. The number of hydrogen-bond acceptors (Lipinski definition) is 6. The molecular formula is C20H21F3N6O. The summed E-state index contributed by atoms with van der Waals surface area (Å²) in [5.41, 5.74) is 1.77. The summed E-state index contributed by atoms with van der Waals surface area (Å²) in [6.45, 7) is 6.07. The quantitative estimate of drug-likeness (QED) is 0.640. The minimum absolute atomic E-state index is 0.0518. The Bertz CT molecular complexity index is 1200. The van der Waals surface area contributed by atoms with Crippen molar-refractivity contribution in [2.24, 2.45) is 0 Å². The number of aromatic nitrogens is 6. The molecule has 0 spiro atoms. The summed E-state index contributed by atoms with van der Waals surface area (Å²) < 4.78 is 41.5. The minimum Gasteiger partial charge on any atom is -0.278 e. The molecule has 1 atom stereocenters. The third-order valence-electron chi connectivity index (χ3n) is 5.43. The lowest BCUT2D eigenvalue weighted by Gasteiger charge is -2.21. The average Bonchev–Trinajstić information content (AvgIpc) is 3.51. The standard InChI is InChI=1S/C20H21F3N6O/c1-5-13-19(30)29(11(4)20(21,22)23)18-15(27-13)10(3)26-17(28-18)14-9(2)24-8-25-16(14)12-6-7-12/h8,11-12H,5-7H2,1-4H3. The summed E-state index contributed by atoms with van der Waals surface area (Å²) in [4.78, 5) is 34.7. The Morgan fingerprint density at radius 1 is 1.13 bits per heavy atom. The molecule has 1 aliphatic carbocycles. The highest BCUT2D eigenvalue weighted by atomic mass is 19.4. The van der Waals surface area contributed by atoms with Crippen molar-refractivity contribution in [1.82, 2.24) is 29.5 Å². The molecule has 1 aliphatic rings. The molecule has 7 nitrogen and oxygen atoms in total. The molecule has 1 saturated carbocycles. The minimum atomic E-state index is -4.62. The lowest BCUT2D eigenvalue weighted by molar-refractivity contribution is -0.162. The van der Waals surface area contributed by atoms with Crippen molar-refractivity contribution in [2.75, 3.05) is 0 Å². The van der Waals surface area contributed by atoms with Gasteiger partial charge in [-0.05, 0) is 40.0 Å². The molecule has 30 heavy (non-hydrogen) atoms. The normalized spacial score (nSPS) is 15.6. The summed E-state index contributed by atoms with van der Waals surface area (Å²) in [5, 5.41) is 0. The third kappa shape index (κ3) is 3.33. The summed E-state index contributed by atoms with van der Waals surface area (Å²) in [6, 6.07) is -2.06. The Labute approximate surface area is 170 Å². The van der Waals surface area contributed by atoms with E-state index in [1.165, 1.54) is 6.33 Å². The molecule has 1 fully saturated rings. The number of fused-ring (bicyclic) bond motifs is 1. The van der Waals surface area contributed by atoms with E-state index in [2.05, 4.69) is 24.9 Å². The van der Waals surface area contributed by atoms with Gasteiger partial charge in [-0.2, -0.15) is 13.2 Å². The highest BCUT2D eigenvalue weighted by Crippen LogP contribution is 2.43. The van der Waals surface area contributed by atoms with Crippen LogP contribution in [0.3, 0.4) is 0 Å². The van der Waals surface area contributed by atoms with Crippen LogP contribution >= 0.6 is 0 Å². The fourth-order valence-corrected chi connectivity index (χ4v) is 3.55. The van der Waals surface area contributed by atoms with Gasteiger partial charge >= 0.3 is 6.18 Å². The molecule has 3 aromatic heterocycles. The number of aryl methyl sites for hydroxylation is 3. The van der Waals surface area contributed by atoms with Crippen LogP contribution in [-0.4, -0.2) is 35.7 Å². The SMILES string of the molecule is CCc1nc2c(C)nc(-c3c(C)ncnc3C3CC3)nc2n(C(C)C(F)(F)F)c1=O. The van der Waals surface area contributed by atoms with Crippen molar-refractivity contribution in [3.05, 3.63) is 39.5 Å². The molecule has 0 aromatic carbocycles. The molecule has 3 aromatic rings. The van der Waals surface area contributed by atoms with E-state index in [4.69, 9.17) is 0 Å². The van der Waals surface area contributed by atoms with Crippen LogP contribution < -0.4 is 5.56 Å². The van der Waals surface area contributed by atoms with E-state index in [9.17, 15) is 18.0 Å². The van der Waals surface area contributed by atoms with Crippen LogP contribution in [0.2, 0.25) is 0 Å². The molecule has 0 bridgehead atoms. The maximum Gasteiger partial charge on any atom is 0.409 e. The van der Waals surface area contributed by atoms with Crippen LogP contribution in [0.4, 0.5) is 13.2 Å². The molecule has 1 unspecified atom stereocenters. The molecule has 4 rings (SSSR count). The predicted octanol–water partition coefficient (Wildman–Crippen LogP) is 3.82. The van der Waals surface area contributed by atoms with Crippen molar-refractivity contribution in [2.45, 2.75) is 65.1 Å². The van der Waals surface area contributed by atoms with Crippen LogP contribution in [0.1, 0.15) is 61.4 Å². The highest BCUT2D eigenvalue weighted by molar-refractivity contribution is 5.77. The highest BCUT2D eigenvalue weighted by Gasteiger charge is 2.40. The largest absolute Gasteiger partial charge is 0.409 e. The van der Waals surface area contributed by atoms with Gasteiger partial charge in [-0.25, -0.2) is 24.9 Å². The van der Waals surface area contributed by atoms with Crippen molar-refractivity contribution < 1.29 is 13.2 Å². The number of halogens is 3. The zero-order chi connectivity index (χ0) is 21.8. The lowest BCUT2D eigenvalue weighted by Crippen LogP contribution is -2.35. The first-order chi connectivity index (χ1) is 14.1. The second kappa shape index (κ2) is 7.10. The van der Waals surface area contributed by atoms with Gasteiger partial charge < -0.3 is 0 Å². The van der Waals surface area contributed by atoms with Gasteiger partial charge in [0, 0.05) is 5.92 Å². The smallest absolute Gasteiger partial charge is 0.278 e. The number of hydrogen-bond donors (Lipinski definition) is 0. The summed E-state index contributed by atoms with van der Waals surface area (Å²) >= 11 is 0. The van der Waals surface area contributed by atoms with Crippen LogP contribution in [0, 0.1) is 13.8 Å². The molecule has 3 heterocycles. The summed E-state index contributed by atoms with van der Waals surface area (Å²) in [6.07, 6.45) is -0.983. The van der Waals surface area contributed by atoms with Crippen molar-refractivity contribution in [3.8, 4) is 11.4 Å². The first kappa shape index (κ1) is 20.4. The average molecular weight is 418 g/mol. The lowest BCUT2D eigenvalue weighted by atomic mass is 10.1. The Morgan fingerprint density at radius 3 is 2.43 bits per heavy atom. The number of nitrogens with zero attached hydrogens (tertiary/aromatic N) is 6. The van der Waals surface area contributed by atoms with Crippen LogP contribution in [-0.2, 0) is 6.42 Å². The Kier molecular flexibility index (Phi) is 4.82. The van der Waals surface area contributed by atoms with E-state index in [0.29, 0.717) is 21.5 Å². The van der Waals surface area contributed by atoms with E-state index in [0.717, 1.165) is 25.5 Å². The van der Waals surface area contributed by atoms with E-state index < -0.39 is 17.8 Å². The second-order valence-corrected chi connectivity index (χ2v) is 7.60. The van der Waals surface area contributed by atoms with Gasteiger partial charge in [0.15, 0.2) is 11.5 Å². The number of alkyl halides is 3. The summed E-state index contributed by atoms with van der Waals surface area (Å²) in [5.74, 6) is 0.478. The molecular weight excluding hydrogens is 397 g/mol. The van der Waals surface area contributed by atoms with Gasteiger partial charge in [0.2, 0.25) is 0 Å². The van der Waals surface area contributed by atoms with Crippen molar-refractivity contribution >= 4 is 11.2 Å². The fraction of sp³-hybridized carbons (Fsp3) is 0.500. The maximum atomic E-state index is 13.6. The Morgan fingerprint density at radius 2 is 1.83 bits per heavy atom. The van der Waals surface area contributed by atoms with Gasteiger partial charge in [0.1, 0.15) is 23.6 Å². The molecule has 0 saturated heterocycles. The molecule has 0 radical (unpaired) electrons. The van der Waals surface area contributed by atoms with E-state index >= 15 is 0 Å². The zero-order valence-electron chi connectivity index (χ0n) is 17.1. The topological polar surface area (TPSA) is 86.4 Å². The first-order valence-corrected chi connectivity index (χ1v) is 9.81. The van der Waals surface area contributed by atoms with Gasteiger partial charge in [-0.15, -0.1) is 0 Å². The van der Waals surface area contributed by atoms with Gasteiger partial charge in [0.05, 0.1) is 22.6 Å².